The van der Waals surface area contributed by atoms with Gasteiger partial charge < -0.3 is 5.32 Å². The van der Waals surface area contributed by atoms with Gasteiger partial charge in [-0.15, -0.1) is 0 Å². The molecule has 1 aliphatic rings. The number of halogens is 7. The summed E-state index contributed by atoms with van der Waals surface area (Å²) in [4.78, 5) is 11.5. The van der Waals surface area contributed by atoms with E-state index in [1.807, 2.05) is 0 Å². The second kappa shape index (κ2) is 8.61. The van der Waals surface area contributed by atoms with Gasteiger partial charge in [-0.1, -0.05) is 6.07 Å². The van der Waals surface area contributed by atoms with Crippen LogP contribution < -0.4 is 5.32 Å². The summed E-state index contributed by atoms with van der Waals surface area (Å²) in [7, 11) is -4.78. The van der Waals surface area contributed by atoms with Crippen molar-refractivity contribution in [2.75, 3.05) is 0 Å². The maximum absolute atomic E-state index is 15.4. The standard InChI is InChI=1S/C19H18F7N3O3S/c20-17(33(31,32)14-3-1-2-12(10-14)19(24,25)26)7-4-13(5-8-17)28-16(30)15-6-9-27-29(15)11-18(21,22)23/h1-3,6,9-10,13H,4-5,7-8,11H2,(H,28,30)/t13-,17+. The molecule has 0 spiro atoms. The number of carbonyl (C=O) groups excluding carboxylic acids is 1. The number of aromatic nitrogens is 2. The third-order valence-electron chi connectivity index (χ3n) is 5.30. The molecule has 14 heteroatoms. The molecule has 0 aliphatic heterocycles. The molecular formula is C19H18F7N3O3S. The fraction of sp³-hybridized carbons (Fsp3) is 0.474. The van der Waals surface area contributed by atoms with Gasteiger partial charge in [-0.25, -0.2) is 12.8 Å². The van der Waals surface area contributed by atoms with E-state index in [0.717, 1.165) is 24.4 Å². The summed E-state index contributed by atoms with van der Waals surface area (Å²) < 4.78 is 118. The van der Waals surface area contributed by atoms with Crippen molar-refractivity contribution in [1.29, 1.82) is 0 Å². The van der Waals surface area contributed by atoms with Crippen LogP contribution in [0.25, 0.3) is 0 Å². The van der Waals surface area contributed by atoms with Gasteiger partial charge in [-0.2, -0.15) is 31.4 Å². The molecule has 0 saturated heterocycles. The molecule has 1 saturated carbocycles. The van der Waals surface area contributed by atoms with Crippen LogP contribution in [0.1, 0.15) is 41.7 Å². The lowest BCUT2D eigenvalue weighted by Crippen LogP contribution is -2.45. The minimum absolute atomic E-state index is 0.187. The second-order valence-electron chi connectivity index (χ2n) is 7.65. The minimum atomic E-state index is -4.81. The number of amides is 1. The molecule has 0 atom stereocenters. The average Bonchev–Trinajstić information content (AvgIpc) is 3.15. The van der Waals surface area contributed by atoms with E-state index in [-0.39, 0.29) is 18.5 Å². The van der Waals surface area contributed by atoms with Crippen LogP contribution in [0.2, 0.25) is 0 Å². The molecule has 0 bridgehead atoms. The molecule has 1 N–H and O–H groups in total. The van der Waals surface area contributed by atoms with Crippen LogP contribution in [0.5, 0.6) is 0 Å². The van der Waals surface area contributed by atoms with Gasteiger partial charge in [0, 0.05) is 12.2 Å². The minimum Gasteiger partial charge on any atom is -0.348 e. The molecule has 0 unspecified atom stereocenters. The molecule has 1 aromatic heterocycles. The number of carbonyl (C=O) groups is 1. The first-order valence-corrected chi connectivity index (χ1v) is 11.1. The maximum atomic E-state index is 15.4. The molecule has 6 nitrogen and oxygen atoms in total. The van der Waals surface area contributed by atoms with Crippen molar-refractivity contribution in [3.63, 3.8) is 0 Å². The number of hydrogen-bond donors (Lipinski definition) is 1. The molecule has 182 valence electrons. The Kier molecular flexibility index (Phi) is 6.52. The van der Waals surface area contributed by atoms with Crippen LogP contribution in [0.4, 0.5) is 30.7 Å². The Labute approximate surface area is 183 Å². The molecule has 1 amide bonds. The molecule has 0 radical (unpaired) electrons. The zero-order chi connectivity index (χ0) is 24.7. The van der Waals surface area contributed by atoms with Crippen molar-refractivity contribution < 1.29 is 43.9 Å². The molecule has 2 aromatic rings. The Morgan fingerprint density at radius 2 is 1.76 bits per heavy atom. The van der Waals surface area contributed by atoms with Crippen molar-refractivity contribution in [2.45, 2.75) is 60.5 Å². The quantitative estimate of drug-likeness (QED) is 0.621. The van der Waals surface area contributed by atoms with Crippen molar-refractivity contribution in [1.82, 2.24) is 15.1 Å². The summed E-state index contributed by atoms with van der Waals surface area (Å²) in [5.74, 6) is -0.895. The predicted octanol–water partition coefficient (Wildman–Crippen LogP) is 4.28. The lowest BCUT2D eigenvalue weighted by molar-refractivity contribution is -0.142. The summed E-state index contributed by atoms with van der Waals surface area (Å²) in [6.07, 6.45) is -10.0. The van der Waals surface area contributed by atoms with Crippen molar-refractivity contribution in [3.05, 3.63) is 47.8 Å². The summed E-state index contributed by atoms with van der Waals surface area (Å²) >= 11 is 0. The zero-order valence-electron chi connectivity index (χ0n) is 16.8. The molecule has 1 aromatic carbocycles. The molecular weight excluding hydrogens is 483 g/mol. The monoisotopic (exact) mass is 501 g/mol. The molecule has 1 heterocycles. The number of nitrogens with one attached hydrogen (secondary N) is 1. The van der Waals surface area contributed by atoms with Crippen LogP contribution in [-0.4, -0.2) is 41.3 Å². The highest BCUT2D eigenvalue weighted by molar-refractivity contribution is 7.92. The van der Waals surface area contributed by atoms with Crippen LogP contribution in [0.3, 0.4) is 0 Å². The Hall–Kier alpha value is -2.64. The summed E-state index contributed by atoms with van der Waals surface area (Å²) in [5.41, 5.74) is -1.61. The third kappa shape index (κ3) is 5.47. The highest BCUT2D eigenvalue weighted by Gasteiger charge is 2.48. The van der Waals surface area contributed by atoms with Gasteiger partial charge in [-0.05, 0) is 49.9 Å². The second-order valence-corrected chi connectivity index (χ2v) is 9.86. The fourth-order valence-electron chi connectivity index (χ4n) is 3.59. The normalized spacial score (nSPS) is 22.2. The van der Waals surface area contributed by atoms with Crippen LogP contribution in [-0.2, 0) is 22.6 Å². The molecule has 1 fully saturated rings. The SMILES string of the molecule is O=C(N[C@H]1CC[C@@](F)(S(=O)(=O)c2cccc(C(F)(F)F)c2)CC1)c1ccnn1CC(F)(F)F. The summed E-state index contributed by atoms with van der Waals surface area (Å²) in [6, 6.07) is 3.11. The summed E-state index contributed by atoms with van der Waals surface area (Å²) in [5, 5.41) is 3.02. The molecule has 1 aliphatic carbocycles. The molecule has 3 rings (SSSR count). The highest BCUT2D eigenvalue weighted by Crippen LogP contribution is 2.41. The lowest BCUT2D eigenvalue weighted by Gasteiger charge is -2.34. The van der Waals surface area contributed by atoms with E-state index in [0.29, 0.717) is 16.8 Å². The van der Waals surface area contributed by atoms with Gasteiger partial charge in [0.1, 0.15) is 12.2 Å². The topological polar surface area (TPSA) is 81.1 Å². The van der Waals surface area contributed by atoms with E-state index >= 15 is 4.39 Å². The Bertz CT molecular complexity index is 1120. The van der Waals surface area contributed by atoms with Gasteiger partial charge in [-0.3, -0.25) is 9.48 Å². The lowest BCUT2D eigenvalue weighted by atomic mass is 9.93. The van der Waals surface area contributed by atoms with E-state index in [1.54, 1.807) is 0 Å². The number of nitrogens with zero attached hydrogens (tertiary/aromatic N) is 2. The summed E-state index contributed by atoms with van der Waals surface area (Å²) in [6.45, 7) is -1.49. The van der Waals surface area contributed by atoms with Crippen molar-refractivity contribution in [2.24, 2.45) is 0 Å². The number of benzene rings is 1. The van der Waals surface area contributed by atoms with Crippen LogP contribution >= 0.6 is 0 Å². The van der Waals surface area contributed by atoms with E-state index in [9.17, 15) is 39.6 Å². The van der Waals surface area contributed by atoms with Crippen molar-refractivity contribution in [3.8, 4) is 0 Å². The van der Waals surface area contributed by atoms with Gasteiger partial charge >= 0.3 is 12.4 Å². The Balaban J connectivity index is 1.69. The van der Waals surface area contributed by atoms with E-state index < -0.39 is 69.0 Å². The third-order valence-corrected chi connectivity index (χ3v) is 7.54. The Morgan fingerprint density at radius 3 is 2.33 bits per heavy atom. The first-order chi connectivity index (χ1) is 15.1. The first kappa shape index (κ1) is 25.0. The van der Waals surface area contributed by atoms with Gasteiger partial charge in [0.2, 0.25) is 14.8 Å². The fourth-order valence-corrected chi connectivity index (χ4v) is 5.33. The number of sulfone groups is 1. The zero-order valence-corrected chi connectivity index (χ0v) is 17.6. The van der Waals surface area contributed by atoms with Gasteiger partial charge in [0.25, 0.3) is 5.91 Å². The maximum Gasteiger partial charge on any atom is 0.416 e. The van der Waals surface area contributed by atoms with E-state index in [1.165, 1.54) is 0 Å². The van der Waals surface area contributed by atoms with Crippen LogP contribution in [0.15, 0.2) is 41.4 Å². The first-order valence-electron chi connectivity index (χ1n) is 9.63. The van der Waals surface area contributed by atoms with Gasteiger partial charge in [0.15, 0.2) is 0 Å². The predicted molar refractivity (Wildman–Crippen MR) is 100 cm³/mol. The van der Waals surface area contributed by atoms with E-state index in [4.69, 9.17) is 0 Å². The average molecular weight is 501 g/mol. The number of rotatable bonds is 5. The smallest absolute Gasteiger partial charge is 0.348 e. The van der Waals surface area contributed by atoms with Gasteiger partial charge in [0.05, 0.1) is 10.5 Å². The molecule has 33 heavy (non-hydrogen) atoms. The number of alkyl halides is 7. The van der Waals surface area contributed by atoms with E-state index in [2.05, 4.69) is 10.4 Å². The van der Waals surface area contributed by atoms with Crippen molar-refractivity contribution >= 4 is 15.7 Å². The largest absolute Gasteiger partial charge is 0.416 e. The highest BCUT2D eigenvalue weighted by atomic mass is 32.2. The number of hydrogen-bond acceptors (Lipinski definition) is 4. The van der Waals surface area contributed by atoms with Crippen LogP contribution in [0, 0.1) is 0 Å². The Morgan fingerprint density at radius 1 is 1.12 bits per heavy atom.